The lowest BCUT2D eigenvalue weighted by atomic mass is 10.0. The van der Waals surface area contributed by atoms with Gasteiger partial charge in [0, 0.05) is 12.0 Å². The van der Waals surface area contributed by atoms with Gasteiger partial charge in [-0.3, -0.25) is 9.59 Å². The standard InChI is InChI=1S/C36H35FN2O6S/c37-34(46(42,43)25-28-14-8-3-9-15-28)24-30(18-16-26-10-4-1-5-11-26)38-36(41)31(22-27-12-6-2-7-13-27)39-35(40)29-17-19-32-33(23-29)45-21-20-44-32/h1-15,17,19,23-24,30-31H,16,18,20-22,25H2,(H,38,41)(H,39,40)/b34-24+/t30-,31-/m0/s1. The fourth-order valence-corrected chi connectivity index (χ4v) is 6.20. The summed E-state index contributed by atoms with van der Waals surface area (Å²) in [4.78, 5) is 27.2. The number of ether oxygens (including phenoxy) is 2. The number of benzene rings is 4. The highest BCUT2D eigenvalue weighted by Crippen LogP contribution is 2.30. The maximum Gasteiger partial charge on any atom is 0.252 e. The molecule has 1 aliphatic rings. The van der Waals surface area contributed by atoms with E-state index in [2.05, 4.69) is 10.6 Å². The maximum atomic E-state index is 15.4. The monoisotopic (exact) mass is 642 g/mol. The molecular formula is C36H35FN2O6S. The second kappa shape index (κ2) is 15.4. The van der Waals surface area contributed by atoms with Crippen LogP contribution >= 0.6 is 0 Å². The van der Waals surface area contributed by atoms with Gasteiger partial charge in [-0.2, -0.15) is 4.39 Å². The molecule has 238 valence electrons. The number of rotatable bonds is 13. The first-order chi connectivity index (χ1) is 22.3. The minimum Gasteiger partial charge on any atom is -0.486 e. The lowest BCUT2D eigenvalue weighted by molar-refractivity contribution is -0.123. The van der Waals surface area contributed by atoms with Gasteiger partial charge < -0.3 is 20.1 Å². The third-order valence-corrected chi connectivity index (χ3v) is 8.90. The van der Waals surface area contributed by atoms with Crippen molar-refractivity contribution < 1.29 is 31.9 Å². The first kappa shape index (κ1) is 32.4. The molecule has 2 atom stereocenters. The number of amides is 2. The molecule has 2 amide bonds. The van der Waals surface area contributed by atoms with Crippen molar-refractivity contribution in [2.45, 2.75) is 37.1 Å². The largest absolute Gasteiger partial charge is 0.486 e. The molecule has 0 spiro atoms. The van der Waals surface area contributed by atoms with Crippen LogP contribution < -0.4 is 20.1 Å². The smallest absolute Gasteiger partial charge is 0.252 e. The molecule has 0 saturated heterocycles. The first-order valence-electron chi connectivity index (χ1n) is 15.0. The van der Waals surface area contributed by atoms with E-state index in [0.717, 1.165) is 17.2 Å². The summed E-state index contributed by atoms with van der Waals surface area (Å²) in [5.41, 5.74) is 2.45. The van der Waals surface area contributed by atoms with Crippen molar-refractivity contribution in [2.24, 2.45) is 0 Å². The maximum absolute atomic E-state index is 15.4. The summed E-state index contributed by atoms with van der Waals surface area (Å²) in [5, 5.41) is 4.28. The van der Waals surface area contributed by atoms with Crippen molar-refractivity contribution in [3.05, 3.63) is 143 Å². The van der Waals surface area contributed by atoms with Gasteiger partial charge in [-0.25, -0.2) is 8.42 Å². The van der Waals surface area contributed by atoms with Crippen LogP contribution in [-0.4, -0.2) is 45.5 Å². The first-order valence-corrected chi connectivity index (χ1v) is 16.6. The highest BCUT2D eigenvalue weighted by Gasteiger charge is 2.27. The van der Waals surface area contributed by atoms with Gasteiger partial charge >= 0.3 is 0 Å². The minimum absolute atomic E-state index is 0.146. The predicted octanol–water partition coefficient (Wildman–Crippen LogP) is 5.34. The van der Waals surface area contributed by atoms with E-state index < -0.39 is 44.6 Å². The van der Waals surface area contributed by atoms with Crippen LogP contribution in [0.15, 0.2) is 120 Å². The SMILES string of the molecule is O=C(N[C@@H](Cc1ccccc1)C(=O)N[C@H](/C=C(\F)S(=O)(=O)Cc1ccccc1)CCc1ccccc1)c1ccc2c(c1)OCCO2. The Morgan fingerprint density at radius 3 is 2.00 bits per heavy atom. The normalized spacial score (nSPS) is 14.2. The molecule has 1 aliphatic heterocycles. The van der Waals surface area contributed by atoms with Gasteiger partial charge in [0.05, 0.1) is 11.8 Å². The Hall–Kier alpha value is -4.96. The van der Waals surface area contributed by atoms with E-state index in [-0.39, 0.29) is 18.4 Å². The summed E-state index contributed by atoms with van der Waals surface area (Å²) in [6.07, 6.45) is 1.76. The molecular weight excluding hydrogens is 607 g/mol. The lowest BCUT2D eigenvalue weighted by Crippen LogP contribution is -2.50. The number of hydrogen-bond acceptors (Lipinski definition) is 6. The van der Waals surface area contributed by atoms with Crippen LogP contribution in [0, 0.1) is 0 Å². The van der Waals surface area contributed by atoms with E-state index in [9.17, 15) is 18.0 Å². The lowest BCUT2D eigenvalue weighted by Gasteiger charge is -2.23. The summed E-state index contributed by atoms with van der Waals surface area (Å²) in [6.45, 7) is 0.762. The van der Waals surface area contributed by atoms with Crippen molar-refractivity contribution >= 4 is 21.7 Å². The molecule has 0 aliphatic carbocycles. The average molecular weight is 643 g/mol. The highest BCUT2D eigenvalue weighted by atomic mass is 32.2. The third-order valence-electron chi connectivity index (χ3n) is 7.45. The molecule has 46 heavy (non-hydrogen) atoms. The van der Waals surface area contributed by atoms with Crippen LogP contribution in [-0.2, 0) is 33.2 Å². The zero-order valence-corrected chi connectivity index (χ0v) is 25.9. The van der Waals surface area contributed by atoms with Gasteiger partial charge in [0.25, 0.3) is 5.91 Å². The van der Waals surface area contributed by atoms with Gasteiger partial charge in [0.2, 0.25) is 20.9 Å². The van der Waals surface area contributed by atoms with Crippen LogP contribution in [0.3, 0.4) is 0 Å². The summed E-state index contributed by atoms with van der Waals surface area (Å²) in [6, 6.07) is 29.6. The Morgan fingerprint density at radius 2 is 1.35 bits per heavy atom. The fraction of sp³-hybridized carbons (Fsp3) is 0.222. The van der Waals surface area contributed by atoms with E-state index in [4.69, 9.17) is 9.47 Å². The van der Waals surface area contributed by atoms with Crippen LogP contribution in [0.4, 0.5) is 4.39 Å². The molecule has 5 rings (SSSR count). The van der Waals surface area contributed by atoms with Crippen molar-refractivity contribution in [1.82, 2.24) is 10.6 Å². The van der Waals surface area contributed by atoms with Crippen molar-refractivity contribution in [1.29, 1.82) is 0 Å². The number of carbonyl (C=O) groups is 2. The molecule has 0 radical (unpaired) electrons. The molecule has 0 unspecified atom stereocenters. The molecule has 0 saturated carbocycles. The number of hydrogen-bond donors (Lipinski definition) is 2. The summed E-state index contributed by atoms with van der Waals surface area (Å²) in [5.74, 6) is -0.657. The van der Waals surface area contributed by atoms with Crippen molar-refractivity contribution in [2.75, 3.05) is 13.2 Å². The van der Waals surface area contributed by atoms with E-state index in [0.29, 0.717) is 36.7 Å². The number of halogens is 1. The van der Waals surface area contributed by atoms with Crippen LogP contribution in [0.1, 0.15) is 33.5 Å². The second-order valence-corrected chi connectivity index (χ2v) is 12.8. The van der Waals surface area contributed by atoms with Gasteiger partial charge in [-0.15, -0.1) is 0 Å². The Balaban J connectivity index is 1.38. The molecule has 0 aromatic heterocycles. The highest BCUT2D eigenvalue weighted by molar-refractivity contribution is 7.94. The quantitative estimate of drug-likeness (QED) is 0.204. The zero-order valence-electron chi connectivity index (χ0n) is 25.1. The Labute approximate surface area is 268 Å². The molecule has 2 N–H and O–H groups in total. The van der Waals surface area contributed by atoms with Crippen molar-refractivity contribution in [3.8, 4) is 11.5 Å². The predicted molar refractivity (Wildman–Crippen MR) is 174 cm³/mol. The number of fused-ring (bicyclic) bond motifs is 1. The van der Waals surface area contributed by atoms with Gasteiger partial charge in [0.15, 0.2) is 11.5 Å². The Bertz CT molecular complexity index is 1770. The zero-order chi connectivity index (χ0) is 32.4. The third kappa shape index (κ3) is 9.04. The summed E-state index contributed by atoms with van der Waals surface area (Å²) in [7, 11) is -4.31. The number of carbonyl (C=O) groups excluding carboxylic acids is 2. The number of nitrogens with one attached hydrogen (secondary N) is 2. The number of aryl methyl sites for hydroxylation is 1. The second-order valence-electron chi connectivity index (χ2n) is 10.9. The van der Waals surface area contributed by atoms with Crippen LogP contribution in [0.25, 0.3) is 0 Å². The molecule has 0 bridgehead atoms. The minimum atomic E-state index is -4.31. The van der Waals surface area contributed by atoms with E-state index in [1.54, 1.807) is 48.5 Å². The molecule has 4 aromatic carbocycles. The van der Waals surface area contributed by atoms with Gasteiger partial charge in [0.1, 0.15) is 19.3 Å². The molecule has 4 aromatic rings. The Kier molecular flexibility index (Phi) is 10.8. The molecule has 0 fully saturated rings. The number of sulfone groups is 1. The Morgan fingerprint density at radius 1 is 0.761 bits per heavy atom. The van der Waals surface area contributed by atoms with Crippen LogP contribution in [0.2, 0.25) is 0 Å². The van der Waals surface area contributed by atoms with E-state index in [1.165, 1.54) is 0 Å². The van der Waals surface area contributed by atoms with Crippen LogP contribution in [0.5, 0.6) is 11.5 Å². The van der Waals surface area contributed by atoms with E-state index >= 15 is 4.39 Å². The van der Waals surface area contributed by atoms with E-state index in [1.807, 2.05) is 60.7 Å². The topological polar surface area (TPSA) is 111 Å². The van der Waals surface area contributed by atoms with Gasteiger partial charge in [-0.1, -0.05) is 91.0 Å². The summed E-state index contributed by atoms with van der Waals surface area (Å²) >= 11 is 0. The van der Waals surface area contributed by atoms with Gasteiger partial charge in [-0.05, 0) is 53.8 Å². The fourth-order valence-electron chi connectivity index (χ4n) is 5.06. The van der Waals surface area contributed by atoms with Crippen molar-refractivity contribution in [3.63, 3.8) is 0 Å². The molecule has 8 nitrogen and oxygen atoms in total. The summed E-state index contributed by atoms with van der Waals surface area (Å²) < 4.78 is 52.5. The average Bonchev–Trinajstić information content (AvgIpc) is 3.07. The molecule has 10 heteroatoms. The molecule has 1 heterocycles.